The van der Waals surface area contributed by atoms with Crippen molar-refractivity contribution in [2.45, 2.75) is 37.1 Å². The monoisotopic (exact) mass is 372 g/mol. The number of nitrogens with one attached hydrogen (secondary N) is 1. The molecule has 2 N–H and O–H groups in total. The zero-order valence-electron chi connectivity index (χ0n) is 13.9. The second-order valence-corrected chi connectivity index (χ2v) is 7.87. The molecule has 9 heteroatoms. The van der Waals surface area contributed by atoms with E-state index < -0.39 is 34.6 Å². The number of halogens is 1. The fourth-order valence-electron chi connectivity index (χ4n) is 2.67. The maximum absolute atomic E-state index is 12.8. The van der Waals surface area contributed by atoms with Gasteiger partial charge in [0.05, 0.1) is 4.90 Å². The number of aryl methyl sites for hydroxylation is 1. The lowest BCUT2D eigenvalue weighted by Gasteiger charge is -2.26. The SMILES string of the molecule is Cc1ccc(C(=O)NC(CF)C(=O)O)cc1S(=O)(=O)N1CCCCC1. The Morgan fingerprint density at radius 1 is 1.28 bits per heavy atom. The molecule has 1 aliphatic heterocycles. The molecular weight excluding hydrogens is 351 g/mol. The zero-order valence-corrected chi connectivity index (χ0v) is 14.7. The van der Waals surface area contributed by atoms with Crippen molar-refractivity contribution in [3.8, 4) is 0 Å². The number of rotatable bonds is 6. The molecule has 0 saturated carbocycles. The van der Waals surface area contributed by atoms with Gasteiger partial charge >= 0.3 is 5.97 Å². The maximum Gasteiger partial charge on any atom is 0.328 e. The van der Waals surface area contributed by atoms with Crippen LogP contribution in [-0.2, 0) is 14.8 Å². The van der Waals surface area contributed by atoms with Gasteiger partial charge in [0, 0.05) is 18.7 Å². The summed E-state index contributed by atoms with van der Waals surface area (Å²) in [5, 5.41) is 10.8. The molecule has 7 nitrogen and oxygen atoms in total. The minimum absolute atomic E-state index is 0.00849. The molecule has 0 aromatic heterocycles. The van der Waals surface area contributed by atoms with E-state index in [4.69, 9.17) is 5.11 Å². The third kappa shape index (κ3) is 4.35. The summed E-state index contributed by atoms with van der Waals surface area (Å²) in [5.74, 6) is -2.33. The molecule has 1 saturated heterocycles. The van der Waals surface area contributed by atoms with E-state index in [-0.39, 0.29) is 10.5 Å². The molecule has 1 aromatic carbocycles. The molecule has 1 amide bonds. The minimum atomic E-state index is -3.74. The van der Waals surface area contributed by atoms with E-state index in [1.807, 2.05) is 5.32 Å². The van der Waals surface area contributed by atoms with Crippen molar-refractivity contribution in [2.75, 3.05) is 19.8 Å². The first-order valence-corrected chi connectivity index (χ1v) is 9.42. The molecule has 2 rings (SSSR count). The minimum Gasteiger partial charge on any atom is -0.480 e. The Hall–Kier alpha value is -2.00. The molecule has 1 atom stereocenters. The van der Waals surface area contributed by atoms with Crippen molar-refractivity contribution in [3.63, 3.8) is 0 Å². The molecule has 0 bridgehead atoms. The van der Waals surface area contributed by atoms with Crippen LogP contribution in [0.2, 0.25) is 0 Å². The number of hydrogen-bond acceptors (Lipinski definition) is 4. The molecule has 1 fully saturated rings. The number of hydrogen-bond donors (Lipinski definition) is 2. The molecule has 0 radical (unpaired) electrons. The van der Waals surface area contributed by atoms with Crippen LogP contribution in [0.1, 0.15) is 35.2 Å². The topological polar surface area (TPSA) is 104 Å². The van der Waals surface area contributed by atoms with Crippen molar-refractivity contribution in [2.24, 2.45) is 0 Å². The highest BCUT2D eigenvalue weighted by Gasteiger charge is 2.28. The number of piperidine rings is 1. The average Bonchev–Trinajstić information content (AvgIpc) is 2.60. The van der Waals surface area contributed by atoms with E-state index in [9.17, 15) is 22.4 Å². The number of amides is 1. The Balaban J connectivity index is 2.30. The number of aliphatic carboxylic acids is 1. The van der Waals surface area contributed by atoms with Gasteiger partial charge in [-0.3, -0.25) is 4.79 Å². The Morgan fingerprint density at radius 2 is 1.92 bits per heavy atom. The standard InChI is InChI=1S/C16H21FN2O5S/c1-11-5-6-12(15(20)18-13(10-17)16(21)22)9-14(11)25(23,24)19-7-3-2-4-8-19/h5-6,9,13H,2-4,7-8,10H2,1H3,(H,18,20)(H,21,22). The Labute approximate surface area is 145 Å². The quantitative estimate of drug-likeness (QED) is 0.784. The molecular formula is C16H21FN2O5S. The van der Waals surface area contributed by atoms with E-state index in [0.717, 1.165) is 19.3 Å². The number of benzene rings is 1. The van der Waals surface area contributed by atoms with Gasteiger partial charge in [0.1, 0.15) is 6.67 Å². The lowest BCUT2D eigenvalue weighted by atomic mass is 10.1. The van der Waals surface area contributed by atoms with Gasteiger partial charge in [0.15, 0.2) is 6.04 Å². The van der Waals surface area contributed by atoms with E-state index in [0.29, 0.717) is 18.7 Å². The van der Waals surface area contributed by atoms with E-state index in [2.05, 4.69) is 0 Å². The van der Waals surface area contributed by atoms with Gasteiger partial charge in [-0.1, -0.05) is 12.5 Å². The van der Waals surface area contributed by atoms with Crippen LogP contribution in [0.15, 0.2) is 23.1 Å². The van der Waals surface area contributed by atoms with Crippen molar-refractivity contribution in [3.05, 3.63) is 29.3 Å². The van der Waals surface area contributed by atoms with Crippen LogP contribution in [0, 0.1) is 6.92 Å². The molecule has 138 valence electrons. The van der Waals surface area contributed by atoms with Gasteiger partial charge < -0.3 is 10.4 Å². The number of carbonyl (C=O) groups excluding carboxylic acids is 1. The van der Waals surface area contributed by atoms with Gasteiger partial charge in [-0.15, -0.1) is 0 Å². The predicted molar refractivity (Wildman–Crippen MR) is 88.7 cm³/mol. The molecule has 0 spiro atoms. The summed E-state index contributed by atoms with van der Waals surface area (Å²) < 4.78 is 39.7. The molecule has 25 heavy (non-hydrogen) atoms. The normalized spacial score (nSPS) is 17.0. The Kier molecular flexibility index (Phi) is 6.12. The smallest absolute Gasteiger partial charge is 0.328 e. The molecule has 1 aliphatic rings. The van der Waals surface area contributed by atoms with E-state index >= 15 is 0 Å². The van der Waals surface area contributed by atoms with Gasteiger partial charge in [0.2, 0.25) is 10.0 Å². The summed E-state index contributed by atoms with van der Waals surface area (Å²) in [4.78, 5) is 23.0. The lowest BCUT2D eigenvalue weighted by molar-refractivity contribution is -0.139. The number of nitrogens with zero attached hydrogens (tertiary/aromatic N) is 1. The number of carbonyl (C=O) groups is 2. The summed E-state index contributed by atoms with van der Waals surface area (Å²) in [6, 6.07) is 2.41. The zero-order chi connectivity index (χ0) is 18.6. The van der Waals surface area contributed by atoms with Crippen molar-refractivity contribution < 1.29 is 27.5 Å². The summed E-state index contributed by atoms with van der Waals surface area (Å²) in [7, 11) is -3.74. The maximum atomic E-state index is 12.8. The van der Waals surface area contributed by atoms with Crippen molar-refractivity contribution >= 4 is 21.9 Å². The fourth-order valence-corrected chi connectivity index (χ4v) is 4.44. The molecule has 1 unspecified atom stereocenters. The first kappa shape index (κ1) is 19.3. The number of carboxylic acid groups (broad SMARTS) is 1. The largest absolute Gasteiger partial charge is 0.480 e. The number of sulfonamides is 1. The predicted octanol–water partition coefficient (Wildman–Crippen LogP) is 1.32. The summed E-state index contributed by atoms with van der Waals surface area (Å²) in [6.45, 7) is 1.23. The van der Waals surface area contributed by atoms with Crippen LogP contribution in [0.5, 0.6) is 0 Å². The van der Waals surface area contributed by atoms with Gasteiger partial charge in [-0.2, -0.15) is 4.31 Å². The highest BCUT2D eigenvalue weighted by atomic mass is 32.2. The van der Waals surface area contributed by atoms with Crippen LogP contribution < -0.4 is 5.32 Å². The Bertz CT molecular complexity index is 760. The van der Waals surface area contributed by atoms with Gasteiger partial charge in [-0.05, 0) is 37.5 Å². The highest BCUT2D eigenvalue weighted by Crippen LogP contribution is 2.24. The number of alkyl halides is 1. The third-order valence-corrected chi connectivity index (χ3v) is 6.18. The van der Waals surface area contributed by atoms with Crippen molar-refractivity contribution in [1.29, 1.82) is 0 Å². The third-order valence-electron chi connectivity index (χ3n) is 4.14. The van der Waals surface area contributed by atoms with Crippen LogP contribution in [0.25, 0.3) is 0 Å². The van der Waals surface area contributed by atoms with Crippen LogP contribution in [-0.4, -0.2) is 55.5 Å². The van der Waals surface area contributed by atoms with Gasteiger partial charge in [0.25, 0.3) is 5.91 Å². The molecule has 1 aromatic rings. The lowest BCUT2D eigenvalue weighted by Crippen LogP contribution is -2.42. The second-order valence-electron chi connectivity index (χ2n) is 5.96. The van der Waals surface area contributed by atoms with Crippen molar-refractivity contribution in [1.82, 2.24) is 9.62 Å². The van der Waals surface area contributed by atoms with Crippen LogP contribution in [0.3, 0.4) is 0 Å². The average molecular weight is 372 g/mol. The molecule has 1 heterocycles. The molecule has 0 aliphatic carbocycles. The summed E-state index contributed by atoms with van der Waals surface area (Å²) in [6.07, 6.45) is 2.55. The summed E-state index contributed by atoms with van der Waals surface area (Å²) >= 11 is 0. The van der Waals surface area contributed by atoms with E-state index in [1.165, 1.54) is 22.5 Å². The Morgan fingerprint density at radius 3 is 2.48 bits per heavy atom. The fraction of sp³-hybridized carbons (Fsp3) is 0.500. The second kappa shape index (κ2) is 7.92. The number of carboxylic acids is 1. The first-order chi connectivity index (χ1) is 11.8. The highest BCUT2D eigenvalue weighted by molar-refractivity contribution is 7.89. The summed E-state index contributed by atoms with van der Waals surface area (Å²) in [5.41, 5.74) is 0.461. The van der Waals surface area contributed by atoms with Crippen LogP contribution in [0.4, 0.5) is 4.39 Å². The van der Waals surface area contributed by atoms with E-state index in [1.54, 1.807) is 6.92 Å². The van der Waals surface area contributed by atoms with Crippen LogP contribution >= 0.6 is 0 Å². The first-order valence-electron chi connectivity index (χ1n) is 7.98. The van der Waals surface area contributed by atoms with Gasteiger partial charge in [-0.25, -0.2) is 17.6 Å².